The topological polar surface area (TPSA) is 69.6 Å². The summed E-state index contributed by atoms with van der Waals surface area (Å²) in [6.07, 6.45) is 16.7. The van der Waals surface area contributed by atoms with Crippen LogP contribution in [0.5, 0.6) is 0 Å². The van der Waals surface area contributed by atoms with Crippen LogP contribution in [0.25, 0.3) is 0 Å². The van der Waals surface area contributed by atoms with Crippen LogP contribution in [0, 0.1) is 0 Å². The molecule has 0 fully saturated rings. The highest BCUT2D eigenvalue weighted by Gasteiger charge is 2.20. The number of aliphatic hydroxyl groups is 2. The molecule has 2 atom stereocenters. The van der Waals surface area contributed by atoms with Crippen LogP contribution in [0.3, 0.4) is 0 Å². The monoisotopic (exact) mass is 405 g/mol. The van der Waals surface area contributed by atoms with Crippen molar-refractivity contribution in [3.8, 4) is 0 Å². The molecule has 1 amide bonds. The van der Waals surface area contributed by atoms with Gasteiger partial charge in [0, 0.05) is 5.56 Å². The van der Waals surface area contributed by atoms with Crippen LogP contribution in [0.2, 0.25) is 0 Å². The SMILES string of the molecule is CCCCCCCCCCCCCCC[C@H](O)[C@@H](CO)NC(=O)c1ccccc1. The van der Waals surface area contributed by atoms with Gasteiger partial charge in [-0.2, -0.15) is 0 Å². The highest BCUT2D eigenvalue weighted by Crippen LogP contribution is 2.14. The molecule has 1 aromatic carbocycles. The second kappa shape index (κ2) is 17.5. The first kappa shape index (κ1) is 25.6. The van der Waals surface area contributed by atoms with Gasteiger partial charge in [0.2, 0.25) is 0 Å². The molecule has 1 aromatic rings. The molecular formula is C25H43NO3. The summed E-state index contributed by atoms with van der Waals surface area (Å²) in [5.74, 6) is -0.255. The van der Waals surface area contributed by atoms with Crippen molar-refractivity contribution in [2.75, 3.05) is 6.61 Å². The first-order valence-electron chi connectivity index (χ1n) is 11.8. The van der Waals surface area contributed by atoms with Crippen molar-refractivity contribution in [3.05, 3.63) is 35.9 Å². The van der Waals surface area contributed by atoms with E-state index in [0.717, 1.165) is 12.8 Å². The fourth-order valence-electron chi connectivity index (χ4n) is 3.68. The molecule has 0 aliphatic rings. The smallest absolute Gasteiger partial charge is 0.251 e. The summed E-state index contributed by atoms with van der Waals surface area (Å²) >= 11 is 0. The first-order valence-corrected chi connectivity index (χ1v) is 11.8. The summed E-state index contributed by atoms with van der Waals surface area (Å²) in [4.78, 5) is 12.2. The Labute approximate surface area is 178 Å². The van der Waals surface area contributed by atoms with E-state index >= 15 is 0 Å². The Hall–Kier alpha value is -1.39. The minimum Gasteiger partial charge on any atom is -0.394 e. The van der Waals surface area contributed by atoms with Gasteiger partial charge in [-0.3, -0.25) is 4.79 Å². The molecule has 0 spiro atoms. The maximum Gasteiger partial charge on any atom is 0.251 e. The van der Waals surface area contributed by atoms with Crippen LogP contribution >= 0.6 is 0 Å². The van der Waals surface area contributed by atoms with Crippen molar-refractivity contribution in [1.82, 2.24) is 5.32 Å². The number of amides is 1. The predicted octanol–water partition coefficient (Wildman–Crippen LogP) is 5.62. The summed E-state index contributed by atoms with van der Waals surface area (Å²) < 4.78 is 0. The molecule has 1 rings (SSSR count). The van der Waals surface area contributed by atoms with E-state index in [9.17, 15) is 15.0 Å². The lowest BCUT2D eigenvalue weighted by atomic mass is 10.0. The van der Waals surface area contributed by atoms with Gasteiger partial charge in [0.15, 0.2) is 0 Å². The van der Waals surface area contributed by atoms with Gasteiger partial charge in [-0.15, -0.1) is 0 Å². The molecule has 4 heteroatoms. The van der Waals surface area contributed by atoms with Gasteiger partial charge in [0.1, 0.15) is 0 Å². The maximum absolute atomic E-state index is 12.2. The lowest BCUT2D eigenvalue weighted by molar-refractivity contribution is 0.0661. The standard InChI is InChI=1S/C25H43NO3/c1-2-3-4-5-6-7-8-9-10-11-12-13-17-20-24(28)23(21-27)26-25(29)22-18-15-14-16-19-22/h14-16,18-19,23-24,27-28H,2-13,17,20-21H2,1H3,(H,26,29)/t23-,24+/m1/s1. The number of aliphatic hydroxyl groups excluding tert-OH is 2. The van der Waals surface area contributed by atoms with Crippen molar-refractivity contribution in [2.24, 2.45) is 0 Å². The van der Waals surface area contributed by atoms with Gasteiger partial charge < -0.3 is 15.5 Å². The third-order valence-electron chi connectivity index (χ3n) is 5.62. The van der Waals surface area contributed by atoms with Gasteiger partial charge in [-0.1, -0.05) is 109 Å². The number of unbranched alkanes of at least 4 members (excludes halogenated alkanes) is 12. The molecule has 0 unspecified atom stereocenters. The molecule has 3 N–H and O–H groups in total. The van der Waals surface area contributed by atoms with E-state index in [4.69, 9.17) is 0 Å². The Morgan fingerprint density at radius 3 is 1.79 bits per heavy atom. The van der Waals surface area contributed by atoms with E-state index in [-0.39, 0.29) is 12.5 Å². The van der Waals surface area contributed by atoms with E-state index in [2.05, 4.69) is 12.2 Å². The number of benzene rings is 1. The number of carbonyl (C=O) groups is 1. The van der Waals surface area contributed by atoms with Crippen LogP contribution in [-0.4, -0.2) is 34.9 Å². The highest BCUT2D eigenvalue weighted by molar-refractivity contribution is 5.94. The largest absolute Gasteiger partial charge is 0.394 e. The summed E-state index contributed by atoms with van der Waals surface area (Å²) in [6.45, 7) is 2.01. The Morgan fingerprint density at radius 2 is 1.31 bits per heavy atom. The summed E-state index contributed by atoms with van der Waals surface area (Å²) in [6, 6.07) is 8.29. The van der Waals surface area contributed by atoms with Gasteiger partial charge in [-0.05, 0) is 18.6 Å². The molecule has 0 aliphatic carbocycles. The zero-order chi connectivity index (χ0) is 21.2. The van der Waals surface area contributed by atoms with Crippen LogP contribution in [0.4, 0.5) is 0 Å². The predicted molar refractivity (Wildman–Crippen MR) is 121 cm³/mol. The van der Waals surface area contributed by atoms with E-state index in [0.29, 0.717) is 12.0 Å². The normalized spacial score (nSPS) is 13.2. The fraction of sp³-hybridized carbons (Fsp3) is 0.720. The average molecular weight is 406 g/mol. The molecule has 0 saturated carbocycles. The van der Waals surface area contributed by atoms with Crippen molar-refractivity contribution in [3.63, 3.8) is 0 Å². The molecule has 0 bridgehead atoms. The molecule has 0 radical (unpaired) electrons. The van der Waals surface area contributed by atoms with Crippen LogP contribution < -0.4 is 5.32 Å². The summed E-state index contributed by atoms with van der Waals surface area (Å²) in [5.41, 5.74) is 0.541. The maximum atomic E-state index is 12.2. The minimum absolute atomic E-state index is 0.252. The quantitative estimate of drug-likeness (QED) is 0.278. The zero-order valence-electron chi connectivity index (χ0n) is 18.5. The minimum atomic E-state index is -0.708. The molecule has 166 valence electrons. The number of carbonyl (C=O) groups excluding carboxylic acids is 1. The third-order valence-corrected chi connectivity index (χ3v) is 5.62. The lowest BCUT2D eigenvalue weighted by Gasteiger charge is -2.22. The summed E-state index contributed by atoms with van der Waals surface area (Å²) in [7, 11) is 0. The number of rotatable bonds is 18. The number of nitrogens with one attached hydrogen (secondary N) is 1. The second-order valence-electron chi connectivity index (χ2n) is 8.23. The van der Waals surface area contributed by atoms with E-state index in [1.807, 2.05) is 6.07 Å². The average Bonchev–Trinajstić information content (AvgIpc) is 2.75. The van der Waals surface area contributed by atoms with E-state index in [1.54, 1.807) is 24.3 Å². The molecule has 4 nitrogen and oxygen atoms in total. The van der Waals surface area contributed by atoms with Crippen molar-refractivity contribution in [1.29, 1.82) is 0 Å². The Morgan fingerprint density at radius 1 is 0.828 bits per heavy atom. The molecule has 0 saturated heterocycles. The van der Waals surface area contributed by atoms with Gasteiger partial charge in [0.05, 0.1) is 18.8 Å². The van der Waals surface area contributed by atoms with Crippen LogP contribution in [0.1, 0.15) is 107 Å². The number of hydrogen-bond donors (Lipinski definition) is 3. The Balaban J connectivity index is 2.02. The molecule has 0 heterocycles. The number of hydrogen-bond acceptors (Lipinski definition) is 3. The molecule has 0 aromatic heterocycles. The lowest BCUT2D eigenvalue weighted by Crippen LogP contribution is -2.45. The van der Waals surface area contributed by atoms with Crippen molar-refractivity contribution < 1.29 is 15.0 Å². The van der Waals surface area contributed by atoms with E-state index in [1.165, 1.54) is 70.6 Å². The Kier molecular flexibility index (Phi) is 15.4. The van der Waals surface area contributed by atoms with Crippen molar-refractivity contribution in [2.45, 2.75) is 109 Å². The third kappa shape index (κ3) is 12.7. The molecule has 0 aliphatic heterocycles. The van der Waals surface area contributed by atoms with E-state index < -0.39 is 12.1 Å². The van der Waals surface area contributed by atoms with Crippen LogP contribution in [0.15, 0.2) is 30.3 Å². The van der Waals surface area contributed by atoms with Crippen LogP contribution in [-0.2, 0) is 0 Å². The fourth-order valence-corrected chi connectivity index (χ4v) is 3.68. The second-order valence-corrected chi connectivity index (χ2v) is 8.23. The highest BCUT2D eigenvalue weighted by atomic mass is 16.3. The Bertz CT molecular complexity index is 506. The van der Waals surface area contributed by atoms with Gasteiger partial charge >= 0.3 is 0 Å². The molecule has 29 heavy (non-hydrogen) atoms. The zero-order valence-corrected chi connectivity index (χ0v) is 18.5. The van der Waals surface area contributed by atoms with Gasteiger partial charge in [-0.25, -0.2) is 0 Å². The van der Waals surface area contributed by atoms with Gasteiger partial charge in [0.25, 0.3) is 5.91 Å². The summed E-state index contributed by atoms with van der Waals surface area (Å²) in [5, 5.41) is 22.6. The molecular weight excluding hydrogens is 362 g/mol. The first-order chi connectivity index (χ1) is 14.2. The van der Waals surface area contributed by atoms with Crippen molar-refractivity contribution >= 4 is 5.91 Å².